The van der Waals surface area contributed by atoms with Gasteiger partial charge in [-0.2, -0.15) is 0 Å². The molecule has 1 atom stereocenters. The number of allylic oxidation sites excluding steroid dienone is 4. The normalized spacial score (nSPS) is 14.2. The first-order chi connectivity index (χ1) is 12.7. The van der Waals surface area contributed by atoms with Gasteiger partial charge in [0.25, 0.3) is 0 Å². The molecule has 0 aliphatic carbocycles. The Morgan fingerprint density at radius 2 is 1.67 bits per heavy atom. The van der Waals surface area contributed by atoms with Crippen LogP contribution in [0.4, 0.5) is 0 Å². The molecule has 0 bridgehead atoms. The molecule has 0 heterocycles. The average molecular weight is 398 g/mol. The molecule has 0 amide bonds. The van der Waals surface area contributed by atoms with Gasteiger partial charge in [-0.05, 0) is 60.8 Å². The Kier molecular flexibility index (Phi) is 12.3. The molecule has 0 aromatic carbocycles. The highest BCUT2D eigenvalue weighted by Crippen LogP contribution is 2.63. The highest BCUT2D eigenvalue weighted by Gasteiger charge is 2.57. The van der Waals surface area contributed by atoms with Gasteiger partial charge in [0.15, 0.2) is 5.16 Å². The summed E-state index contributed by atoms with van der Waals surface area (Å²) in [5.41, 5.74) is 2.34. The van der Waals surface area contributed by atoms with Crippen LogP contribution in [0, 0.1) is 12.3 Å². The monoisotopic (exact) mass is 398 g/mol. The van der Waals surface area contributed by atoms with Crippen LogP contribution in [0.2, 0.25) is 0 Å². The molecule has 0 aromatic rings. The van der Waals surface area contributed by atoms with E-state index in [-0.39, 0.29) is 32.7 Å². The number of carbonyl (C=O) groups excluding carboxylic acids is 1. The van der Waals surface area contributed by atoms with Crippen molar-refractivity contribution in [2.24, 2.45) is 0 Å². The summed E-state index contributed by atoms with van der Waals surface area (Å²) in [6.07, 6.45) is 11.4. The Labute approximate surface area is 165 Å². The van der Waals surface area contributed by atoms with Crippen LogP contribution in [-0.4, -0.2) is 30.9 Å². The third kappa shape index (κ3) is 7.66. The van der Waals surface area contributed by atoms with E-state index in [1.165, 1.54) is 5.57 Å². The second kappa shape index (κ2) is 12.9. The topological polar surface area (TPSA) is 61.8 Å². The maximum absolute atomic E-state index is 13.6. The lowest BCUT2D eigenvalue weighted by atomic mass is 9.98. The van der Waals surface area contributed by atoms with Crippen molar-refractivity contribution in [1.82, 2.24) is 0 Å². The third-order valence-electron chi connectivity index (χ3n) is 4.05. The van der Waals surface area contributed by atoms with Gasteiger partial charge in [-0.15, -0.1) is 12.3 Å². The Bertz CT molecular complexity index is 601. The highest BCUT2D eigenvalue weighted by molar-refractivity contribution is 7.56. The molecular weight excluding hydrogens is 363 g/mol. The minimum atomic E-state index is -3.83. The van der Waals surface area contributed by atoms with E-state index >= 15 is 0 Å². The van der Waals surface area contributed by atoms with Crippen LogP contribution in [-0.2, 0) is 23.1 Å². The van der Waals surface area contributed by atoms with Crippen LogP contribution >= 0.6 is 7.60 Å². The van der Waals surface area contributed by atoms with Crippen molar-refractivity contribution in [2.45, 2.75) is 72.4 Å². The van der Waals surface area contributed by atoms with Crippen LogP contribution in [0.15, 0.2) is 23.3 Å². The zero-order valence-electron chi connectivity index (χ0n) is 17.7. The standard InChI is InChI=1S/C21H35O5P/c1-8-16-21(20(22)24-9-2,27(23,25-10-3)26-11-4)17-15-19(7)14-12-13-18(5)6/h1,13,15H,9-12,14,16-17H2,2-7H3/b19-15+. The van der Waals surface area contributed by atoms with Crippen molar-refractivity contribution in [3.05, 3.63) is 23.3 Å². The Morgan fingerprint density at radius 3 is 2.11 bits per heavy atom. The number of esters is 1. The quantitative estimate of drug-likeness (QED) is 0.173. The third-order valence-corrected chi connectivity index (χ3v) is 6.82. The van der Waals surface area contributed by atoms with Gasteiger partial charge in [0.05, 0.1) is 19.8 Å². The molecule has 0 saturated carbocycles. The minimum absolute atomic E-state index is 0.0825. The summed E-state index contributed by atoms with van der Waals surface area (Å²) < 4.78 is 29.8. The molecule has 1 unspecified atom stereocenters. The van der Waals surface area contributed by atoms with Crippen molar-refractivity contribution in [3.8, 4) is 12.3 Å². The Morgan fingerprint density at radius 1 is 1.07 bits per heavy atom. The minimum Gasteiger partial charge on any atom is -0.465 e. The first kappa shape index (κ1) is 25.7. The van der Waals surface area contributed by atoms with Crippen LogP contribution in [0.25, 0.3) is 0 Å². The fourth-order valence-corrected chi connectivity index (χ4v) is 4.78. The Balaban J connectivity index is 5.94. The summed E-state index contributed by atoms with van der Waals surface area (Å²) in [6, 6.07) is 0. The van der Waals surface area contributed by atoms with Crippen LogP contribution < -0.4 is 0 Å². The van der Waals surface area contributed by atoms with Gasteiger partial charge in [-0.1, -0.05) is 23.3 Å². The molecule has 0 spiro atoms. The molecule has 0 aliphatic heterocycles. The summed E-state index contributed by atoms with van der Waals surface area (Å²) in [4.78, 5) is 12.9. The maximum Gasteiger partial charge on any atom is 0.349 e. The first-order valence-electron chi connectivity index (χ1n) is 9.51. The fraction of sp³-hybridized carbons (Fsp3) is 0.667. The fourth-order valence-electron chi connectivity index (χ4n) is 2.64. The highest BCUT2D eigenvalue weighted by atomic mass is 31.2. The molecule has 0 rings (SSSR count). The zero-order valence-corrected chi connectivity index (χ0v) is 18.6. The van der Waals surface area contributed by atoms with E-state index in [4.69, 9.17) is 20.2 Å². The Hall–Kier alpha value is -1.34. The van der Waals surface area contributed by atoms with Crippen molar-refractivity contribution in [2.75, 3.05) is 19.8 Å². The van der Waals surface area contributed by atoms with Gasteiger partial charge in [0.1, 0.15) is 0 Å². The molecule has 6 heteroatoms. The average Bonchev–Trinajstić information content (AvgIpc) is 2.58. The predicted octanol–water partition coefficient (Wildman–Crippen LogP) is 5.66. The summed E-state index contributed by atoms with van der Waals surface area (Å²) >= 11 is 0. The molecule has 0 aromatic heterocycles. The van der Waals surface area contributed by atoms with E-state index in [1.807, 2.05) is 13.0 Å². The van der Waals surface area contributed by atoms with Gasteiger partial charge < -0.3 is 13.8 Å². The number of hydrogen-bond acceptors (Lipinski definition) is 5. The second-order valence-corrected chi connectivity index (χ2v) is 8.91. The zero-order chi connectivity index (χ0) is 20.9. The molecule has 27 heavy (non-hydrogen) atoms. The number of rotatable bonds is 13. The van der Waals surface area contributed by atoms with Gasteiger partial charge in [-0.3, -0.25) is 9.36 Å². The number of terminal acetylenes is 1. The molecule has 0 aliphatic rings. The molecule has 5 nitrogen and oxygen atoms in total. The number of carbonyl (C=O) groups is 1. The SMILES string of the molecule is C#CCC(C/C=C(\C)CCC=C(C)C)(C(=O)OCC)P(=O)(OCC)OCC. The predicted molar refractivity (Wildman–Crippen MR) is 111 cm³/mol. The van der Waals surface area contributed by atoms with Gasteiger partial charge in [-0.25, -0.2) is 0 Å². The number of hydrogen-bond donors (Lipinski definition) is 0. The summed E-state index contributed by atoms with van der Waals surface area (Å²) in [6.45, 7) is 11.7. The second-order valence-electron chi connectivity index (χ2n) is 6.54. The summed E-state index contributed by atoms with van der Waals surface area (Å²) in [7, 11) is -3.83. The molecule has 0 fully saturated rings. The molecule has 0 N–H and O–H groups in total. The molecule has 154 valence electrons. The smallest absolute Gasteiger partial charge is 0.349 e. The van der Waals surface area contributed by atoms with Crippen molar-refractivity contribution in [1.29, 1.82) is 0 Å². The van der Waals surface area contributed by atoms with Crippen LogP contribution in [0.3, 0.4) is 0 Å². The van der Waals surface area contributed by atoms with E-state index in [9.17, 15) is 9.36 Å². The van der Waals surface area contributed by atoms with E-state index < -0.39 is 18.7 Å². The van der Waals surface area contributed by atoms with E-state index in [0.717, 1.165) is 18.4 Å². The van der Waals surface area contributed by atoms with Gasteiger partial charge >= 0.3 is 13.6 Å². The maximum atomic E-state index is 13.6. The van der Waals surface area contributed by atoms with Crippen LogP contribution in [0.5, 0.6) is 0 Å². The van der Waals surface area contributed by atoms with E-state index in [1.54, 1.807) is 20.8 Å². The summed E-state index contributed by atoms with van der Waals surface area (Å²) in [5.74, 6) is 1.84. The molecule has 0 radical (unpaired) electrons. The van der Waals surface area contributed by atoms with Gasteiger partial charge in [0, 0.05) is 6.42 Å². The lowest BCUT2D eigenvalue weighted by Gasteiger charge is -2.35. The van der Waals surface area contributed by atoms with E-state index in [0.29, 0.717) is 0 Å². The number of ether oxygens (including phenoxy) is 1. The first-order valence-corrected chi connectivity index (χ1v) is 11.1. The van der Waals surface area contributed by atoms with Gasteiger partial charge in [0.2, 0.25) is 0 Å². The largest absolute Gasteiger partial charge is 0.465 e. The molecular formula is C21H35O5P. The van der Waals surface area contributed by atoms with Crippen LogP contribution in [0.1, 0.15) is 67.2 Å². The van der Waals surface area contributed by atoms with E-state index in [2.05, 4.69) is 25.8 Å². The summed E-state index contributed by atoms with van der Waals surface area (Å²) in [5, 5.41) is -1.54. The van der Waals surface area contributed by atoms with Crippen molar-refractivity contribution < 1.29 is 23.1 Å². The van der Waals surface area contributed by atoms with Crippen molar-refractivity contribution >= 4 is 13.6 Å². The van der Waals surface area contributed by atoms with Crippen molar-refractivity contribution in [3.63, 3.8) is 0 Å². The lowest BCUT2D eigenvalue weighted by Crippen LogP contribution is -2.41. The molecule has 0 saturated heterocycles. The lowest BCUT2D eigenvalue weighted by molar-refractivity contribution is -0.147.